The van der Waals surface area contributed by atoms with Gasteiger partial charge in [-0.05, 0) is 24.3 Å². The Hall–Kier alpha value is -1.57. The molecule has 0 aromatic carbocycles. The van der Waals surface area contributed by atoms with E-state index in [1.807, 2.05) is 24.4 Å². The summed E-state index contributed by atoms with van der Waals surface area (Å²) in [4.78, 5) is 4.45. The Kier molecular flexibility index (Phi) is 2.35. The van der Waals surface area contributed by atoms with E-state index < -0.39 is 0 Å². The van der Waals surface area contributed by atoms with Gasteiger partial charge in [0.05, 0.1) is 6.26 Å². The van der Waals surface area contributed by atoms with Crippen molar-refractivity contribution in [2.75, 3.05) is 0 Å². The zero-order valence-electron chi connectivity index (χ0n) is 9.32. The van der Waals surface area contributed by atoms with Crippen molar-refractivity contribution in [1.82, 2.24) is 4.98 Å². The van der Waals surface area contributed by atoms with Crippen LogP contribution in [0.25, 0.3) is 11.3 Å². The summed E-state index contributed by atoms with van der Waals surface area (Å²) < 4.78 is 5.31. The van der Waals surface area contributed by atoms with Gasteiger partial charge in [-0.25, -0.2) is 0 Å². The summed E-state index contributed by atoms with van der Waals surface area (Å²) >= 11 is 0. The predicted molar refractivity (Wildman–Crippen MR) is 60.6 cm³/mol. The van der Waals surface area contributed by atoms with E-state index in [1.54, 1.807) is 6.26 Å². The van der Waals surface area contributed by atoms with Crippen LogP contribution in [0.4, 0.5) is 0 Å². The van der Waals surface area contributed by atoms with Gasteiger partial charge in [0.15, 0.2) is 0 Å². The summed E-state index contributed by atoms with van der Waals surface area (Å²) in [5, 5.41) is 0. The lowest BCUT2D eigenvalue weighted by Gasteiger charge is -2.17. The van der Waals surface area contributed by atoms with Crippen LogP contribution in [0.2, 0.25) is 0 Å². The van der Waals surface area contributed by atoms with Crippen molar-refractivity contribution >= 4 is 0 Å². The second kappa shape index (κ2) is 3.54. The molecule has 2 aromatic heterocycles. The van der Waals surface area contributed by atoms with E-state index in [4.69, 9.17) is 4.42 Å². The first-order valence-corrected chi connectivity index (χ1v) is 5.08. The zero-order chi connectivity index (χ0) is 10.9. The minimum absolute atomic E-state index is 0.0989. The molecule has 0 N–H and O–H groups in total. The quantitative estimate of drug-likeness (QED) is 0.704. The summed E-state index contributed by atoms with van der Waals surface area (Å²) in [6.07, 6.45) is 3.53. The van der Waals surface area contributed by atoms with E-state index in [0.29, 0.717) is 0 Å². The topological polar surface area (TPSA) is 26.0 Å². The number of pyridine rings is 1. The second-order valence-corrected chi connectivity index (χ2v) is 4.66. The molecule has 0 unspecified atom stereocenters. The normalized spacial score (nSPS) is 11.7. The fraction of sp³-hybridized carbons (Fsp3) is 0.308. The largest absolute Gasteiger partial charge is 0.464 e. The minimum Gasteiger partial charge on any atom is -0.464 e. The Morgan fingerprint density at radius 3 is 2.40 bits per heavy atom. The van der Waals surface area contributed by atoms with Gasteiger partial charge < -0.3 is 4.42 Å². The first kappa shape index (κ1) is 9.97. The van der Waals surface area contributed by atoms with E-state index in [9.17, 15) is 0 Å². The number of aromatic nitrogens is 1. The van der Waals surface area contributed by atoms with E-state index in [0.717, 1.165) is 17.0 Å². The lowest BCUT2D eigenvalue weighted by Crippen LogP contribution is -2.12. The lowest BCUT2D eigenvalue weighted by atomic mass is 9.91. The average molecular weight is 201 g/mol. The van der Waals surface area contributed by atoms with Crippen LogP contribution in [0.1, 0.15) is 26.5 Å². The Morgan fingerprint density at radius 2 is 1.93 bits per heavy atom. The van der Waals surface area contributed by atoms with Crippen molar-refractivity contribution in [1.29, 1.82) is 0 Å². The van der Waals surface area contributed by atoms with Crippen molar-refractivity contribution in [3.05, 3.63) is 42.4 Å². The van der Waals surface area contributed by atoms with Gasteiger partial charge in [-0.15, -0.1) is 0 Å². The Balaban J connectivity index is 2.33. The summed E-state index contributed by atoms with van der Waals surface area (Å²) in [5.74, 6) is 0.864. The van der Waals surface area contributed by atoms with Crippen LogP contribution >= 0.6 is 0 Å². The molecule has 0 aliphatic rings. The number of nitrogens with zero attached hydrogens (tertiary/aromatic N) is 1. The fourth-order valence-electron chi connectivity index (χ4n) is 1.43. The predicted octanol–water partition coefficient (Wildman–Crippen LogP) is 3.64. The Labute approximate surface area is 90.0 Å². The monoisotopic (exact) mass is 201 g/mol. The van der Waals surface area contributed by atoms with Gasteiger partial charge in [0, 0.05) is 22.9 Å². The van der Waals surface area contributed by atoms with E-state index in [2.05, 4.69) is 31.8 Å². The fourth-order valence-corrected chi connectivity index (χ4v) is 1.43. The minimum atomic E-state index is 0.0989. The molecular formula is C13H15NO. The Morgan fingerprint density at radius 1 is 1.13 bits per heavy atom. The van der Waals surface area contributed by atoms with Crippen LogP contribution in [0.3, 0.4) is 0 Å². The molecular weight excluding hydrogens is 186 g/mol. The van der Waals surface area contributed by atoms with Gasteiger partial charge in [-0.1, -0.05) is 20.8 Å². The second-order valence-electron chi connectivity index (χ2n) is 4.66. The van der Waals surface area contributed by atoms with Gasteiger partial charge in [0.2, 0.25) is 0 Å². The average Bonchev–Trinajstić information content (AvgIpc) is 2.69. The first-order valence-electron chi connectivity index (χ1n) is 5.08. The summed E-state index contributed by atoms with van der Waals surface area (Å²) in [6, 6.07) is 7.92. The maximum atomic E-state index is 5.31. The third-order valence-electron chi connectivity index (χ3n) is 2.34. The third-order valence-corrected chi connectivity index (χ3v) is 2.34. The van der Waals surface area contributed by atoms with Crippen molar-refractivity contribution in [3.63, 3.8) is 0 Å². The summed E-state index contributed by atoms with van der Waals surface area (Å²) in [6.45, 7) is 6.46. The highest BCUT2D eigenvalue weighted by molar-refractivity contribution is 5.55. The molecule has 0 saturated heterocycles. The van der Waals surface area contributed by atoms with E-state index >= 15 is 0 Å². The highest BCUT2D eigenvalue weighted by Crippen LogP contribution is 2.23. The van der Waals surface area contributed by atoms with Crippen LogP contribution in [0, 0.1) is 0 Å². The molecule has 2 aromatic rings. The molecule has 15 heavy (non-hydrogen) atoms. The van der Waals surface area contributed by atoms with Crippen LogP contribution in [0.15, 0.2) is 41.1 Å². The third kappa shape index (κ3) is 2.09. The van der Waals surface area contributed by atoms with E-state index in [-0.39, 0.29) is 5.41 Å². The van der Waals surface area contributed by atoms with Gasteiger partial charge in [-0.3, -0.25) is 4.98 Å². The highest BCUT2D eigenvalue weighted by Gasteiger charge is 2.15. The van der Waals surface area contributed by atoms with Crippen molar-refractivity contribution in [2.45, 2.75) is 26.2 Å². The van der Waals surface area contributed by atoms with Gasteiger partial charge >= 0.3 is 0 Å². The molecule has 2 heterocycles. The highest BCUT2D eigenvalue weighted by atomic mass is 16.3. The molecule has 0 fully saturated rings. The lowest BCUT2D eigenvalue weighted by molar-refractivity contribution is 0.566. The molecule has 0 spiro atoms. The molecule has 0 amide bonds. The number of hydrogen-bond donors (Lipinski definition) is 0. The molecule has 2 nitrogen and oxygen atoms in total. The van der Waals surface area contributed by atoms with Crippen molar-refractivity contribution in [2.24, 2.45) is 0 Å². The van der Waals surface area contributed by atoms with E-state index in [1.165, 1.54) is 0 Å². The SMILES string of the molecule is CC(C)(C)c1ccc(-c2ccco2)cn1. The van der Waals surface area contributed by atoms with Gasteiger partial charge in [0.25, 0.3) is 0 Å². The molecule has 0 radical (unpaired) electrons. The smallest absolute Gasteiger partial charge is 0.135 e. The molecule has 0 aliphatic carbocycles. The van der Waals surface area contributed by atoms with Crippen LogP contribution in [-0.2, 0) is 5.41 Å². The maximum absolute atomic E-state index is 5.31. The maximum Gasteiger partial charge on any atom is 0.135 e. The zero-order valence-corrected chi connectivity index (χ0v) is 9.32. The standard InChI is InChI=1S/C13H15NO/c1-13(2,3)12-7-6-10(9-14-12)11-5-4-8-15-11/h4-9H,1-3H3. The van der Waals surface area contributed by atoms with Crippen molar-refractivity contribution < 1.29 is 4.42 Å². The molecule has 0 saturated carbocycles. The molecule has 78 valence electrons. The first-order chi connectivity index (χ1) is 7.07. The molecule has 2 heteroatoms. The van der Waals surface area contributed by atoms with Gasteiger partial charge in [0.1, 0.15) is 5.76 Å². The number of furan rings is 1. The molecule has 0 atom stereocenters. The van der Waals surface area contributed by atoms with Crippen LogP contribution < -0.4 is 0 Å². The summed E-state index contributed by atoms with van der Waals surface area (Å²) in [7, 11) is 0. The molecule has 0 bridgehead atoms. The summed E-state index contributed by atoms with van der Waals surface area (Å²) in [5.41, 5.74) is 2.22. The Bertz CT molecular complexity index is 421. The number of rotatable bonds is 1. The van der Waals surface area contributed by atoms with Crippen LogP contribution in [0.5, 0.6) is 0 Å². The number of hydrogen-bond acceptors (Lipinski definition) is 2. The van der Waals surface area contributed by atoms with Crippen LogP contribution in [-0.4, -0.2) is 4.98 Å². The van der Waals surface area contributed by atoms with Gasteiger partial charge in [-0.2, -0.15) is 0 Å². The molecule has 2 rings (SSSR count). The molecule has 0 aliphatic heterocycles. The van der Waals surface area contributed by atoms with Crippen molar-refractivity contribution in [3.8, 4) is 11.3 Å².